The molecule has 0 aliphatic rings. The number of nitrogens with two attached hydrogens (primary N) is 1. The maximum absolute atomic E-state index is 12.1. The molecule has 0 fully saturated rings. The molecule has 0 radical (unpaired) electrons. The lowest BCUT2D eigenvalue weighted by molar-refractivity contribution is 0.0732. The van der Waals surface area contributed by atoms with Crippen LogP contribution < -0.4 is 5.73 Å². The smallest absolute Gasteiger partial charge is 0.274 e. The van der Waals surface area contributed by atoms with Gasteiger partial charge in [-0.25, -0.2) is 4.98 Å². The quantitative estimate of drug-likeness (QED) is 0.845. The third-order valence-corrected chi connectivity index (χ3v) is 2.73. The lowest BCUT2D eigenvalue weighted by Gasteiger charge is -2.24. The van der Waals surface area contributed by atoms with E-state index in [1.807, 2.05) is 6.92 Å². The predicted molar refractivity (Wildman–Crippen MR) is 65.1 cm³/mol. The molecule has 0 aliphatic carbocycles. The number of pyridine rings is 1. The van der Waals surface area contributed by atoms with E-state index in [0.29, 0.717) is 11.4 Å². The number of rotatable bonds is 4. The number of hydrogen-bond donors (Lipinski definition) is 1. The Morgan fingerprint density at radius 1 is 1.62 bits per heavy atom. The van der Waals surface area contributed by atoms with Crippen molar-refractivity contribution in [1.82, 2.24) is 9.88 Å². The van der Waals surface area contributed by atoms with Crippen molar-refractivity contribution in [3.8, 4) is 0 Å². The summed E-state index contributed by atoms with van der Waals surface area (Å²) < 4.78 is 0. The molecule has 1 aromatic heterocycles. The van der Waals surface area contributed by atoms with Crippen LogP contribution in [0.3, 0.4) is 0 Å². The van der Waals surface area contributed by atoms with Crippen molar-refractivity contribution in [2.24, 2.45) is 0 Å². The highest BCUT2D eigenvalue weighted by Gasteiger charge is 2.19. The van der Waals surface area contributed by atoms with Crippen LogP contribution in [0.4, 0.5) is 5.69 Å². The average molecular weight is 221 g/mol. The highest BCUT2D eigenvalue weighted by Crippen LogP contribution is 2.13. The first-order valence-electron chi connectivity index (χ1n) is 5.55. The second-order valence-electron chi connectivity index (χ2n) is 3.99. The number of aromatic nitrogens is 1. The minimum absolute atomic E-state index is 0.112. The van der Waals surface area contributed by atoms with Gasteiger partial charge in [0, 0.05) is 19.3 Å². The second-order valence-corrected chi connectivity index (χ2v) is 3.99. The van der Waals surface area contributed by atoms with Gasteiger partial charge in [0.05, 0.1) is 5.69 Å². The molecule has 1 rings (SSSR count). The predicted octanol–water partition coefficient (Wildman–Crippen LogP) is 1.92. The molecule has 88 valence electrons. The van der Waals surface area contributed by atoms with Crippen LogP contribution in [0.15, 0.2) is 18.3 Å². The van der Waals surface area contributed by atoms with Crippen LogP contribution in [0.5, 0.6) is 0 Å². The summed E-state index contributed by atoms with van der Waals surface area (Å²) in [5.41, 5.74) is 6.50. The van der Waals surface area contributed by atoms with Crippen molar-refractivity contribution in [3.63, 3.8) is 0 Å². The molecular formula is C12H19N3O. The second kappa shape index (κ2) is 5.49. The standard InChI is InChI=1S/C12H19N3O/c1-4-6-9(2)15(3)12(16)11-10(13)7-5-8-14-11/h5,7-9H,4,6,13H2,1-3H3. The molecule has 1 aromatic rings. The molecule has 1 heterocycles. The first-order chi connectivity index (χ1) is 7.57. The van der Waals surface area contributed by atoms with E-state index in [0.717, 1.165) is 12.8 Å². The van der Waals surface area contributed by atoms with E-state index < -0.39 is 0 Å². The molecule has 0 spiro atoms. The molecule has 0 aliphatic heterocycles. The van der Waals surface area contributed by atoms with Gasteiger partial charge >= 0.3 is 0 Å². The molecule has 0 saturated carbocycles. The Morgan fingerprint density at radius 2 is 2.31 bits per heavy atom. The highest BCUT2D eigenvalue weighted by molar-refractivity contribution is 5.97. The molecule has 2 N–H and O–H groups in total. The average Bonchev–Trinajstić information content (AvgIpc) is 2.28. The number of anilines is 1. The maximum Gasteiger partial charge on any atom is 0.274 e. The highest BCUT2D eigenvalue weighted by atomic mass is 16.2. The maximum atomic E-state index is 12.1. The number of nitrogens with zero attached hydrogens (tertiary/aromatic N) is 2. The number of hydrogen-bond acceptors (Lipinski definition) is 3. The van der Waals surface area contributed by atoms with Crippen molar-refractivity contribution < 1.29 is 4.79 Å². The number of amides is 1. The number of carbonyl (C=O) groups is 1. The zero-order chi connectivity index (χ0) is 12.1. The zero-order valence-electron chi connectivity index (χ0n) is 10.1. The third-order valence-electron chi connectivity index (χ3n) is 2.73. The van der Waals surface area contributed by atoms with E-state index in [4.69, 9.17) is 5.73 Å². The Hall–Kier alpha value is -1.58. The summed E-state index contributed by atoms with van der Waals surface area (Å²) in [6.45, 7) is 4.13. The van der Waals surface area contributed by atoms with E-state index in [9.17, 15) is 4.79 Å². The summed E-state index contributed by atoms with van der Waals surface area (Å²) in [5, 5.41) is 0. The fourth-order valence-corrected chi connectivity index (χ4v) is 1.58. The summed E-state index contributed by atoms with van der Waals surface area (Å²) in [4.78, 5) is 17.8. The Kier molecular flexibility index (Phi) is 4.28. The lowest BCUT2D eigenvalue weighted by atomic mass is 10.1. The monoisotopic (exact) mass is 221 g/mol. The van der Waals surface area contributed by atoms with Gasteiger partial charge in [-0.05, 0) is 25.5 Å². The molecule has 0 aromatic carbocycles. The molecule has 1 amide bonds. The Balaban J connectivity index is 2.82. The van der Waals surface area contributed by atoms with Gasteiger partial charge in [0.1, 0.15) is 0 Å². The molecule has 4 heteroatoms. The van der Waals surface area contributed by atoms with Crippen LogP contribution in [0.1, 0.15) is 37.2 Å². The number of nitrogen functional groups attached to an aromatic ring is 1. The first kappa shape index (κ1) is 12.5. The van der Waals surface area contributed by atoms with Gasteiger partial charge in [0.15, 0.2) is 5.69 Å². The summed E-state index contributed by atoms with van der Waals surface area (Å²) in [5.74, 6) is -0.112. The Bertz CT molecular complexity index is 365. The van der Waals surface area contributed by atoms with Crippen molar-refractivity contribution in [1.29, 1.82) is 0 Å². The third kappa shape index (κ3) is 2.72. The normalized spacial score (nSPS) is 12.2. The van der Waals surface area contributed by atoms with Crippen LogP contribution >= 0.6 is 0 Å². The number of carbonyl (C=O) groups excluding carboxylic acids is 1. The molecule has 0 saturated heterocycles. The van der Waals surface area contributed by atoms with Crippen LogP contribution in [-0.2, 0) is 0 Å². The topological polar surface area (TPSA) is 59.2 Å². The summed E-state index contributed by atoms with van der Waals surface area (Å²) in [6, 6.07) is 3.62. The van der Waals surface area contributed by atoms with E-state index in [2.05, 4.69) is 11.9 Å². The van der Waals surface area contributed by atoms with Crippen molar-refractivity contribution >= 4 is 11.6 Å². The minimum atomic E-state index is -0.112. The molecular weight excluding hydrogens is 202 g/mol. The van der Waals surface area contributed by atoms with E-state index in [1.54, 1.807) is 30.3 Å². The van der Waals surface area contributed by atoms with Crippen molar-refractivity contribution in [2.75, 3.05) is 12.8 Å². The van der Waals surface area contributed by atoms with Gasteiger partial charge in [-0.15, -0.1) is 0 Å². The first-order valence-corrected chi connectivity index (χ1v) is 5.55. The van der Waals surface area contributed by atoms with E-state index in [-0.39, 0.29) is 11.9 Å². The summed E-state index contributed by atoms with van der Waals surface area (Å²) >= 11 is 0. The fraction of sp³-hybridized carbons (Fsp3) is 0.500. The van der Waals surface area contributed by atoms with Gasteiger partial charge in [-0.2, -0.15) is 0 Å². The van der Waals surface area contributed by atoms with Crippen LogP contribution in [0.25, 0.3) is 0 Å². The fourth-order valence-electron chi connectivity index (χ4n) is 1.58. The van der Waals surface area contributed by atoms with Crippen molar-refractivity contribution in [2.45, 2.75) is 32.7 Å². The van der Waals surface area contributed by atoms with Crippen LogP contribution in [-0.4, -0.2) is 28.9 Å². The van der Waals surface area contributed by atoms with Crippen LogP contribution in [0.2, 0.25) is 0 Å². The van der Waals surface area contributed by atoms with Gasteiger partial charge in [-0.3, -0.25) is 4.79 Å². The van der Waals surface area contributed by atoms with Gasteiger partial charge in [0.25, 0.3) is 5.91 Å². The summed E-state index contributed by atoms with van der Waals surface area (Å²) in [7, 11) is 1.79. The summed E-state index contributed by atoms with van der Waals surface area (Å²) in [6.07, 6.45) is 3.62. The van der Waals surface area contributed by atoms with Crippen LogP contribution in [0, 0.1) is 0 Å². The minimum Gasteiger partial charge on any atom is -0.397 e. The van der Waals surface area contributed by atoms with Gasteiger partial charge in [0.2, 0.25) is 0 Å². The SMILES string of the molecule is CCCC(C)N(C)C(=O)c1ncccc1N. The van der Waals surface area contributed by atoms with Gasteiger partial charge < -0.3 is 10.6 Å². The zero-order valence-corrected chi connectivity index (χ0v) is 10.1. The van der Waals surface area contributed by atoms with Gasteiger partial charge in [-0.1, -0.05) is 13.3 Å². The molecule has 1 atom stereocenters. The molecule has 4 nitrogen and oxygen atoms in total. The lowest BCUT2D eigenvalue weighted by Crippen LogP contribution is -2.35. The van der Waals surface area contributed by atoms with E-state index in [1.165, 1.54) is 0 Å². The Morgan fingerprint density at radius 3 is 2.88 bits per heavy atom. The van der Waals surface area contributed by atoms with Crippen molar-refractivity contribution in [3.05, 3.63) is 24.0 Å². The molecule has 1 unspecified atom stereocenters. The Labute approximate surface area is 96.5 Å². The molecule has 16 heavy (non-hydrogen) atoms. The largest absolute Gasteiger partial charge is 0.397 e. The molecule has 0 bridgehead atoms. The van der Waals surface area contributed by atoms with E-state index >= 15 is 0 Å².